The van der Waals surface area contributed by atoms with Gasteiger partial charge in [-0.25, -0.2) is 0 Å². The summed E-state index contributed by atoms with van der Waals surface area (Å²) in [6.07, 6.45) is -2.55. The molecule has 0 heterocycles. The van der Waals surface area contributed by atoms with E-state index < -0.39 is 22.4 Å². The fourth-order valence-corrected chi connectivity index (χ4v) is 2.05. The number of nitrogens with one attached hydrogen (secondary N) is 1. The highest BCUT2D eigenvalue weighted by Gasteiger charge is 2.33. The lowest BCUT2D eigenvalue weighted by molar-refractivity contribution is -0.385. The molecule has 0 amide bonds. The van der Waals surface area contributed by atoms with E-state index in [1.165, 1.54) is 6.07 Å². The zero-order chi connectivity index (χ0) is 15.3. The van der Waals surface area contributed by atoms with E-state index in [4.69, 9.17) is 0 Å². The maximum absolute atomic E-state index is 12.6. The van der Waals surface area contributed by atoms with Gasteiger partial charge < -0.3 is 5.32 Å². The minimum absolute atomic E-state index is 0.00966. The van der Waals surface area contributed by atoms with Crippen molar-refractivity contribution >= 4 is 5.69 Å². The van der Waals surface area contributed by atoms with Crippen molar-refractivity contribution in [2.45, 2.75) is 38.4 Å². The van der Waals surface area contributed by atoms with Gasteiger partial charge in [0.2, 0.25) is 0 Å². The van der Waals surface area contributed by atoms with Gasteiger partial charge in [0.1, 0.15) is 0 Å². The number of benzene rings is 1. The Hall–Kier alpha value is -1.63. The third-order valence-corrected chi connectivity index (χ3v) is 3.12. The Morgan fingerprint density at radius 1 is 1.40 bits per heavy atom. The molecule has 0 aliphatic heterocycles. The number of nitrogens with zero attached hydrogens (tertiary/aromatic N) is 1. The summed E-state index contributed by atoms with van der Waals surface area (Å²) < 4.78 is 37.7. The van der Waals surface area contributed by atoms with Gasteiger partial charge in [0, 0.05) is 17.7 Å². The Balaban J connectivity index is 3.10. The highest BCUT2D eigenvalue weighted by molar-refractivity contribution is 5.44. The van der Waals surface area contributed by atoms with Crippen LogP contribution in [0.3, 0.4) is 0 Å². The van der Waals surface area contributed by atoms with Crippen LogP contribution in [0.2, 0.25) is 0 Å². The van der Waals surface area contributed by atoms with Crippen molar-refractivity contribution in [3.63, 3.8) is 0 Å². The molecule has 1 unspecified atom stereocenters. The first-order valence-corrected chi connectivity index (χ1v) is 6.31. The highest BCUT2D eigenvalue weighted by atomic mass is 19.4. The standard InChI is InChI=1S/C13H17F3N2O2/c1-3-4-11(17-2)7-9-5-6-10(13(14,15)16)8-12(9)18(19)20/h5-6,8,11,17H,3-4,7H2,1-2H3. The van der Waals surface area contributed by atoms with Crippen LogP contribution in [0.25, 0.3) is 0 Å². The fraction of sp³-hybridized carbons (Fsp3) is 0.538. The minimum atomic E-state index is -4.57. The van der Waals surface area contributed by atoms with E-state index in [-0.39, 0.29) is 6.04 Å². The number of halogens is 3. The third-order valence-electron chi connectivity index (χ3n) is 3.12. The molecule has 20 heavy (non-hydrogen) atoms. The molecule has 0 spiro atoms. The second-order valence-electron chi connectivity index (χ2n) is 4.58. The second kappa shape index (κ2) is 6.69. The zero-order valence-corrected chi connectivity index (χ0v) is 11.3. The number of likely N-dealkylation sites (N-methyl/N-ethyl adjacent to an activating group) is 1. The van der Waals surface area contributed by atoms with E-state index in [1.54, 1.807) is 7.05 Å². The monoisotopic (exact) mass is 290 g/mol. The zero-order valence-electron chi connectivity index (χ0n) is 11.3. The van der Waals surface area contributed by atoms with Crippen molar-refractivity contribution in [1.82, 2.24) is 5.32 Å². The maximum Gasteiger partial charge on any atom is 0.416 e. The average molecular weight is 290 g/mol. The molecular formula is C13H17F3N2O2. The number of nitro benzene ring substituents is 1. The summed E-state index contributed by atoms with van der Waals surface area (Å²) in [7, 11) is 1.73. The average Bonchev–Trinajstić information content (AvgIpc) is 2.36. The molecule has 1 rings (SSSR count). The van der Waals surface area contributed by atoms with Crippen molar-refractivity contribution < 1.29 is 18.1 Å². The molecular weight excluding hydrogens is 273 g/mol. The van der Waals surface area contributed by atoms with Crippen LogP contribution in [0.15, 0.2) is 18.2 Å². The molecule has 1 aromatic carbocycles. The Labute approximate surface area is 115 Å². The van der Waals surface area contributed by atoms with E-state index in [9.17, 15) is 23.3 Å². The number of alkyl halides is 3. The van der Waals surface area contributed by atoms with Crippen molar-refractivity contribution in [2.75, 3.05) is 7.05 Å². The minimum Gasteiger partial charge on any atom is -0.317 e. The van der Waals surface area contributed by atoms with Gasteiger partial charge in [0.25, 0.3) is 5.69 Å². The van der Waals surface area contributed by atoms with Crippen LogP contribution in [0.1, 0.15) is 30.9 Å². The topological polar surface area (TPSA) is 55.2 Å². The lowest BCUT2D eigenvalue weighted by atomic mass is 9.99. The van der Waals surface area contributed by atoms with Crippen LogP contribution in [-0.2, 0) is 12.6 Å². The Morgan fingerprint density at radius 3 is 2.50 bits per heavy atom. The summed E-state index contributed by atoms with van der Waals surface area (Å²) >= 11 is 0. The Bertz CT molecular complexity index is 475. The van der Waals surface area contributed by atoms with E-state index in [0.29, 0.717) is 18.1 Å². The predicted molar refractivity (Wildman–Crippen MR) is 69.6 cm³/mol. The van der Waals surface area contributed by atoms with Crippen molar-refractivity contribution in [2.24, 2.45) is 0 Å². The second-order valence-corrected chi connectivity index (χ2v) is 4.58. The summed E-state index contributed by atoms with van der Waals surface area (Å²) in [6.45, 7) is 1.98. The van der Waals surface area contributed by atoms with Crippen molar-refractivity contribution in [3.8, 4) is 0 Å². The number of nitro groups is 1. The number of hydrogen-bond acceptors (Lipinski definition) is 3. The van der Waals surface area contributed by atoms with E-state index in [2.05, 4.69) is 5.32 Å². The molecule has 7 heteroatoms. The first-order chi connectivity index (χ1) is 9.29. The normalized spacial score (nSPS) is 13.2. The van der Waals surface area contributed by atoms with E-state index in [0.717, 1.165) is 18.9 Å². The quantitative estimate of drug-likeness (QED) is 0.644. The van der Waals surface area contributed by atoms with Crippen LogP contribution in [-0.4, -0.2) is 18.0 Å². The summed E-state index contributed by atoms with van der Waals surface area (Å²) in [5.41, 5.74) is -1.16. The fourth-order valence-electron chi connectivity index (χ4n) is 2.05. The van der Waals surface area contributed by atoms with Gasteiger partial charge in [-0.1, -0.05) is 19.4 Å². The van der Waals surface area contributed by atoms with Gasteiger partial charge in [-0.3, -0.25) is 10.1 Å². The molecule has 1 aromatic rings. The van der Waals surface area contributed by atoms with Gasteiger partial charge in [0.05, 0.1) is 10.5 Å². The van der Waals surface area contributed by atoms with Gasteiger partial charge in [-0.05, 0) is 26.0 Å². The highest BCUT2D eigenvalue weighted by Crippen LogP contribution is 2.33. The smallest absolute Gasteiger partial charge is 0.317 e. The number of rotatable bonds is 6. The van der Waals surface area contributed by atoms with Crippen LogP contribution >= 0.6 is 0 Å². The summed E-state index contributed by atoms with van der Waals surface area (Å²) in [6, 6.07) is 2.70. The lowest BCUT2D eigenvalue weighted by Crippen LogP contribution is -2.27. The molecule has 4 nitrogen and oxygen atoms in total. The van der Waals surface area contributed by atoms with Gasteiger partial charge in [-0.2, -0.15) is 13.2 Å². The van der Waals surface area contributed by atoms with Crippen LogP contribution in [0, 0.1) is 10.1 Å². The largest absolute Gasteiger partial charge is 0.416 e. The molecule has 0 aliphatic rings. The third kappa shape index (κ3) is 4.19. The van der Waals surface area contributed by atoms with Crippen LogP contribution in [0.4, 0.5) is 18.9 Å². The van der Waals surface area contributed by atoms with Crippen LogP contribution in [0.5, 0.6) is 0 Å². The first kappa shape index (κ1) is 16.4. The summed E-state index contributed by atoms with van der Waals surface area (Å²) in [4.78, 5) is 10.2. The molecule has 0 bridgehead atoms. The van der Waals surface area contributed by atoms with Crippen molar-refractivity contribution in [3.05, 3.63) is 39.4 Å². The molecule has 0 fully saturated rings. The van der Waals surface area contributed by atoms with Gasteiger partial charge >= 0.3 is 6.18 Å². The molecule has 112 valence electrons. The Kier molecular flexibility index (Phi) is 5.50. The molecule has 0 aromatic heterocycles. The van der Waals surface area contributed by atoms with E-state index in [1.807, 2.05) is 6.92 Å². The molecule has 1 N–H and O–H groups in total. The molecule has 0 radical (unpaired) electrons. The Morgan fingerprint density at radius 2 is 2.05 bits per heavy atom. The summed E-state index contributed by atoms with van der Waals surface area (Å²) in [5.74, 6) is 0. The first-order valence-electron chi connectivity index (χ1n) is 6.31. The van der Waals surface area contributed by atoms with Crippen molar-refractivity contribution in [1.29, 1.82) is 0 Å². The molecule has 0 aliphatic carbocycles. The molecule has 1 atom stereocenters. The van der Waals surface area contributed by atoms with Crippen LogP contribution < -0.4 is 5.32 Å². The SMILES string of the molecule is CCCC(Cc1ccc(C(F)(F)F)cc1[N+](=O)[O-])NC. The van der Waals surface area contributed by atoms with Gasteiger partial charge in [-0.15, -0.1) is 0 Å². The summed E-state index contributed by atoms with van der Waals surface area (Å²) in [5, 5.41) is 14.0. The molecule has 0 saturated carbocycles. The van der Waals surface area contributed by atoms with Gasteiger partial charge in [0.15, 0.2) is 0 Å². The molecule has 0 saturated heterocycles. The lowest BCUT2D eigenvalue weighted by Gasteiger charge is -2.16. The van der Waals surface area contributed by atoms with E-state index >= 15 is 0 Å². The number of hydrogen-bond donors (Lipinski definition) is 1. The predicted octanol–water partition coefficient (Wildman–Crippen LogP) is 3.54. The maximum atomic E-state index is 12.6.